The quantitative estimate of drug-likeness (QED) is 0.765. The second-order valence-electron chi connectivity index (χ2n) is 7.29. The fourth-order valence-corrected chi connectivity index (χ4v) is 2.90. The highest BCUT2D eigenvalue weighted by Gasteiger charge is 2.21. The number of nitrogens with zero attached hydrogens (tertiary/aromatic N) is 2. The van der Waals surface area contributed by atoms with Crippen LogP contribution in [0.1, 0.15) is 38.7 Å². The zero-order chi connectivity index (χ0) is 17.8. The molecule has 1 heterocycles. The van der Waals surface area contributed by atoms with Crippen molar-refractivity contribution in [2.45, 2.75) is 52.1 Å². The first-order valence-electron chi connectivity index (χ1n) is 9.10. The van der Waals surface area contributed by atoms with Crippen LogP contribution in [0.5, 0.6) is 5.75 Å². The summed E-state index contributed by atoms with van der Waals surface area (Å²) in [5, 5.41) is 3.34. The smallest absolute Gasteiger partial charge is 0.223 e. The third kappa shape index (κ3) is 5.16. The van der Waals surface area contributed by atoms with Crippen LogP contribution in [0, 0.1) is 12.8 Å². The van der Waals surface area contributed by atoms with Gasteiger partial charge in [0.05, 0.1) is 12.3 Å². The molecule has 0 spiro atoms. The van der Waals surface area contributed by atoms with Gasteiger partial charge in [0.25, 0.3) is 0 Å². The van der Waals surface area contributed by atoms with Crippen LogP contribution in [0.25, 0.3) is 11.3 Å². The van der Waals surface area contributed by atoms with Crippen LogP contribution in [-0.2, 0) is 0 Å². The minimum atomic E-state index is 0.207. The van der Waals surface area contributed by atoms with Gasteiger partial charge in [0, 0.05) is 23.8 Å². The van der Waals surface area contributed by atoms with Crippen LogP contribution >= 0.6 is 0 Å². The van der Waals surface area contributed by atoms with Crippen molar-refractivity contribution in [3.8, 4) is 17.0 Å². The minimum absolute atomic E-state index is 0.207. The molecule has 0 saturated heterocycles. The minimum Gasteiger partial charge on any atom is -0.493 e. The molecule has 25 heavy (non-hydrogen) atoms. The number of hydrogen-bond acceptors (Lipinski definition) is 5. The number of nitrogens with one attached hydrogen (secondary N) is 1. The largest absolute Gasteiger partial charge is 0.493 e. The molecule has 2 atom stereocenters. The number of hydrogen-bond donors (Lipinski definition) is 2. The van der Waals surface area contributed by atoms with E-state index >= 15 is 0 Å². The number of ether oxygens (including phenoxy) is 1. The van der Waals surface area contributed by atoms with Crippen LogP contribution in [0.2, 0.25) is 0 Å². The summed E-state index contributed by atoms with van der Waals surface area (Å²) in [6.07, 6.45) is 5.19. The Morgan fingerprint density at radius 2 is 2.08 bits per heavy atom. The van der Waals surface area contributed by atoms with E-state index in [1.54, 1.807) is 0 Å². The molecular formula is C20H28N4O. The van der Waals surface area contributed by atoms with Gasteiger partial charge in [-0.2, -0.15) is 0 Å². The summed E-state index contributed by atoms with van der Waals surface area (Å²) in [4.78, 5) is 8.92. The maximum atomic E-state index is 5.97. The van der Waals surface area contributed by atoms with E-state index in [4.69, 9.17) is 10.5 Å². The highest BCUT2D eigenvalue weighted by molar-refractivity contribution is 5.62. The fraction of sp³-hybridized carbons (Fsp3) is 0.500. The van der Waals surface area contributed by atoms with E-state index in [2.05, 4.69) is 41.3 Å². The van der Waals surface area contributed by atoms with E-state index in [1.807, 2.05) is 25.3 Å². The summed E-state index contributed by atoms with van der Waals surface area (Å²) in [5.74, 6) is 2.07. The zero-order valence-corrected chi connectivity index (χ0v) is 15.3. The molecule has 3 rings (SSSR count). The predicted molar refractivity (Wildman–Crippen MR) is 102 cm³/mol. The Morgan fingerprint density at radius 1 is 1.28 bits per heavy atom. The average Bonchev–Trinajstić information content (AvgIpc) is 3.37. The van der Waals surface area contributed by atoms with Crippen molar-refractivity contribution in [3.05, 3.63) is 36.0 Å². The number of rotatable bonds is 8. The molecular weight excluding hydrogens is 312 g/mol. The van der Waals surface area contributed by atoms with Crippen molar-refractivity contribution in [3.63, 3.8) is 0 Å². The van der Waals surface area contributed by atoms with Gasteiger partial charge < -0.3 is 15.8 Å². The molecule has 2 aromatic rings. The van der Waals surface area contributed by atoms with Crippen molar-refractivity contribution in [1.82, 2.24) is 9.97 Å². The van der Waals surface area contributed by atoms with Gasteiger partial charge in [0.1, 0.15) is 5.75 Å². The zero-order valence-electron chi connectivity index (χ0n) is 15.3. The lowest BCUT2D eigenvalue weighted by atomic mass is 10.0. The summed E-state index contributed by atoms with van der Waals surface area (Å²) in [6.45, 7) is 6.96. The Kier molecular flexibility index (Phi) is 5.53. The molecule has 0 bridgehead atoms. The molecule has 2 unspecified atom stereocenters. The fourth-order valence-electron chi connectivity index (χ4n) is 2.90. The van der Waals surface area contributed by atoms with Gasteiger partial charge in [-0.1, -0.05) is 6.92 Å². The standard InChI is InChI=1S/C20H28N4O/c1-13(10-15(3)21)12-25-19-7-4-16(11-14(19)2)18-8-9-22-20(24-18)23-17-5-6-17/h4,7-9,11,13,15,17H,5-6,10,12,21H2,1-3H3,(H,22,23,24). The monoisotopic (exact) mass is 340 g/mol. The topological polar surface area (TPSA) is 73.1 Å². The molecule has 1 saturated carbocycles. The Morgan fingerprint density at radius 3 is 2.76 bits per heavy atom. The molecule has 134 valence electrons. The van der Waals surface area contributed by atoms with Crippen molar-refractivity contribution in [1.29, 1.82) is 0 Å². The van der Waals surface area contributed by atoms with Gasteiger partial charge >= 0.3 is 0 Å². The van der Waals surface area contributed by atoms with Crippen LogP contribution in [0.4, 0.5) is 5.95 Å². The van der Waals surface area contributed by atoms with Crippen LogP contribution in [0.3, 0.4) is 0 Å². The Hall–Kier alpha value is -2.14. The number of anilines is 1. The lowest BCUT2D eigenvalue weighted by Crippen LogP contribution is -2.21. The van der Waals surface area contributed by atoms with E-state index in [9.17, 15) is 0 Å². The first-order valence-corrected chi connectivity index (χ1v) is 9.10. The maximum Gasteiger partial charge on any atom is 0.223 e. The number of aromatic nitrogens is 2. The number of nitrogens with two attached hydrogens (primary N) is 1. The predicted octanol–water partition coefficient (Wildman–Crippen LogP) is 3.78. The van der Waals surface area contributed by atoms with Crippen LogP contribution in [-0.4, -0.2) is 28.7 Å². The van der Waals surface area contributed by atoms with Gasteiger partial charge in [-0.25, -0.2) is 9.97 Å². The van der Waals surface area contributed by atoms with E-state index in [0.717, 1.165) is 29.0 Å². The molecule has 0 amide bonds. The lowest BCUT2D eigenvalue weighted by Gasteiger charge is -2.16. The van der Waals surface area contributed by atoms with E-state index in [-0.39, 0.29) is 6.04 Å². The van der Waals surface area contributed by atoms with Gasteiger partial charge in [0.15, 0.2) is 0 Å². The second-order valence-corrected chi connectivity index (χ2v) is 7.29. The molecule has 1 aromatic carbocycles. The molecule has 0 radical (unpaired) electrons. The first kappa shape index (κ1) is 17.7. The highest BCUT2D eigenvalue weighted by atomic mass is 16.5. The molecule has 5 nitrogen and oxygen atoms in total. The summed E-state index contributed by atoms with van der Waals surface area (Å²) < 4.78 is 5.97. The van der Waals surface area contributed by atoms with Crippen molar-refractivity contribution in [2.75, 3.05) is 11.9 Å². The van der Waals surface area contributed by atoms with Crippen molar-refractivity contribution in [2.24, 2.45) is 11.7 Å². The summed E-state index contributed by atoms with van der Waals surface area (Å²) in [6, 6.07) is 8.90. The average molecular weight is 340 g/mol. The second kappa shape index (κ2) is 7.83. The molecule has 1 aliphatic rings. The molecule has 5 heteroatoms. The number of benzene rings is 1. The molecule has 1 fully saturated rings. The Bertz CT molecular complexity index is 713. The normalized spacial score (nSPS) is 16.3. The highest BCUT2D eigenvalue weighted by Crippen LogP contribution is 2.27. The SMILES string of the molecule is Cc1cc(-c2ccnc(NC3CC3)n2)ccc1OCC(C)CC(C)N. The Labute approximate surface area is 150 Å². The van der Waals surface area contributed by atoms with E-state index in [0.29, 0.717) is 24.5 Å². The van der Waals surface area contributed by atoms with Gasteiger partial charge in [-0.05, 0) is 68.9 Å². The van der Waals surface area contributed by atoms with E-state index < -0.39 is 0 Å². The summed E-state index contributed by atoms with van der Waals surface area (Å²) in [7, 11) is 0. The summed E-state index contributed by atoms with van der Waals surface area (Å²) in [5.41, 5.74) is 8.97. The summed E-state index contributed by atoms with van der Waals surface area (Å²) >= 11 is 0. The van der Waals surface area contributed by atoms with Gasteiger partial charge in [-0.15, -0.1) is 0 Å². The molecule has 3 N–H and O–H groups in total. The third-order valence-electron chi connectivity index (χ3n) is 4.33. The van der Waals surface area contributed by atoms with Crippen LogP contribution < -0.4 is 15.8 Å². The maximum absolute atomic E-state index is 5.97. The first-order chi connectivity index (χ1) is 12.0. The molecule has 1 aliphatic carbocycles. The van der Waals surface area contributed by atoms with E-state index in [1.165, 1.54) is 12.8 Å². The van der Waals surface area contributed by atoms with Gasteiger partial charge in [0.2, 0.25) is 5.95 Å². The lowest BCUT2D eigenvalue weighted by molar-refractivity contribution is 0.245. The third-order valence-corrected chi connectivity index (χ3v) is 4.33. The van der Waals surface area contributed by atoms with Gasteiger partial charge in [-0.3, -0.25) is 0 Å². The molecule has 1 aromatic heterocycles. The van der Waals surface area contributed by atoms with Crippen molar-refractivity contribution < 1.29 is 4.74 Å². The van der Waals surface area contributed by atoms with Crippen molar-refractivity contribution >= 4 is 5.95 Å². The number of aryl methyl sites for hydroxylation is 1. The Balaban J connectivity index is 1.66. The van der Waals surface area contributed by atoms with Crippen LogP contribution in [0.15, 0.2) is 30.5 Å². The molecule has 0 aliphatic heterocycles.